The molecule has 0 aliphatic carbocycles. The van der Waals surface area contributed by atoms with E-state index in [-0.39, 0.29) is 23.2 Å². The number of benzene rings is 2. The molecule has 0 bridgehead atoms. The third-order valence-electron chi connectivity index (χ3n) is 5.34. The van der Waals surface area contributed by atoms with Crippen molar-refractivity contribution in [2.24, 2.45) is 7.05 Å². The number of rotatable bonds is 0. The lowest BCUT2D eigenvalue weighted by Crippen LogP contribution is -2.40. The van der Waals surface area contributed by atoms with Gasteiger partial charge in [-0.25, -0.2) is 0 Å². The van der Waals surface area contributed by atoms with Crippen molar-refractivity contribution in [1.82, 2.24) is 4.57 Å². The summed E-state index contributed by atoms with van der Waals surface area (Å²) in [5.41, 5.74) is 0.712. The van der Waals surface area contributed by atoms with Crippen LogP contribution in [0.1, 0.15) is 18.6 Å². The Morgan fingerprint density at radius 2 is 2.08 bits per heavy atom. The number of aromatic hydroxyl groups is 1. The minimum atomic E-state index is -1.12. The number of phenols is 1. The van der Waals surface area contributed by atoms with Crippen LogP contribution in [0.4, 0.5) is 0 Å². The fourth-order valence-corrected chi connectivity index (χ4v) is 4.12. The monoisotopic (exact) mass is 339 g/mol. The first kappa shape index (κ1) is 14.7. The molecule has 3 heterocycles. The fourth-order valence-electron chi connectivity index (χ4n) is 4.12. The SMILES string of the molecule is Cn1c2ccccc2c(=O)c2c(O)cc3c(c21)C1OCC(C)(O)C1O3. The predicted molar refractivity (Wildman–Crippen MR) is 92.1 cm³/mol. The lowest BCUT2D eigenvalue weighted by atomic mass is 9.95. The number of hydrogen-bond donors (Lipinski definition) is 2. The molecule has 0 amide bonds. The van der Waals surface area contributed by atoms with E-state index >= 15 is 0 Å². The zero-order chi connectivity index (χ0) is 17.5. The first-order valence-electron chi connectivity index (χ1n) is 8.18. The lowest BCUT2D eigenvalue weighted by Gasteiger charge is -2.21. The number of aromatic nitrogens is 1. The van der Waals surface area contributed by atoms with Crippen molar-refractivity contribution in [1.29, 1.82) is 0 Å². The molecular formula is C19H17NO5. The van der Waals surface area contributed by atoms with Crippen molar-refractivity contribution in [3.05, 3.63) is 46.1 Å². The van der Waals surface area contributed by atoms with Gasteiger partial charge in [0.25, 0.3) is 0 Å². The normalized spacial score (nSPS) is 27.5. The number of pyridine rings is 1. The van der Waals surface area contributed by atoms with Crippen LogP contribution in [-0.2, 0) is 11.8 Å². The topological polar surface area (TPSA) is 80.9 Å². The van der Waals surface area contributed by atoms with Crippen LogP contribution < -0.4 is 10.2 Å². The van der Waals surface area contributed by atoms with E-state index in [2.05, 4.69) is 0 Å². The quantitative estimate of drug-likeness (QED) is 0.612. The van der Waals surface area contributed by atoms with Crippen LogP contribution in [0, 0.1) is 0 Å². The maximum absolute atomic E-state index is 13.0. The second-order valence-electron chi connectivity index (χ2n) is 7.06. The number of phenolic OH excluding ortho intramolecular Hbond substituents is 1. The van der Waals surface area contributed by atoms with Crippen LogP contribution in [0.3, 0.4) is 0 Å². The Kier molecular flexibility index (Phi) is 2.67. The molecule has 128 valence electrons. The summed E-state index contributed by atoms with van der Waals surface area (Å²) in [5, 5.41) is 21.8. The predicted octanol–water partition coefficient (Wildman–Crippen LogP) is 1.98. The number of para-hydroxylation sites is 1. The van der Waals surface area contributed by atoms with Gasteiger partial charge in [0.1, 0.15) is 23.2 Å². The van der Waals surface area contributed by atoms with Crippen molar-refractivity contribution >= 4 is 21.8 Å². The fraction of sp³-hybridized carbons (Fsp3) is 0.316. The van der Waals surface area contributed by atoms with E-state index in [1.54, 1.807) is 19.1 Å². The van der Waals surface area contributed by atoms with Gasteiger partial charge in [0.05, 0.1) is 28.6 Å². The van der Waals surface area contributed by atoms with Gasteiger partial charge in [-0.15, -0.1) is 0 Å². The first-order valence-corrected chi connectivity index (χ1v) is 8.18. The van der Waals surface area contributed by atoms with Crippen molar-refractivity contribution in [3.63, 3.8) is 0 Å². The number of aryl methyl sites for hydroxylation is 1. The van der Waals surface area contributed by atoms with Crippen molar-refractivity contribution < 1.29 is 19.7 Å². The maximum Gasteiger partial charge on any atom is 0.200 e. The second-order valence-corrected chi connectivity index (χ2v) is 7.06. The molecule has 2 aromatic carbocycles. The highest BCUT2D eigenvalue weighted by atomic mass is 16.6. The molecule has 5 rings (SSSR count). The Morgan fingerprint density at radius 3 is 2.88 bits per heavy atom. The van der Waals surface area contributed by atoms with Crippen molar-refractivity contribution in [2.45, 2.75) is 24.7 Å². The first-order chi connectivity index (χ1) is 11.9. The second kappa shape index (κ2) is 4.53. The smallest absolute Gasteiger partial charge is 0.200 e. The molecule has 1 saturated heterocycles. The molecule has 2 N–H and O–H groups in total. The molecule has 6 heteroatoms. The number of ether oxygens (including phenoxy) is 2. The number of nitrogens with zero attached hydrogens (tertiary/aromatic N) is 1. The molecule has 25 heavy (non-hydrogen) atoms. The van der Waals surface area contributed by atoms with Gasteiger partial charge in [-0.3, -0.25) is 4.79 Å². The average Bonchev–Trinajstić information content (AvgIpc) is 3.09. The lowest BCUT2D eigenvalue weighted by molar-refractivity contribution is -0.0146. The Labute approximate surface area is 142 Å². The largest absolute Gasteiger partial charge is 0.507 e. The molecule has 1 aromatic heterocycles. The number of hydrogen-bond acceptors (Lipinski definition) is 5. The maximum atomic E-state index is 13.0. The van der Waals surface area contributed by atoms with E-state index in [9.17, 15) is 15.0 Å². The molecule has 1 fully saturated rings. The third-order valence-corrected chi connectivity index (χ3v) is 5.34. The van der Waals surface area contributed by atoms with E-state index < -0.39 is 17.8 Å². The molecule has 3 atom stereocenters. The highest BCUT2D eigenvalue weighted by Gasteiger charge is 2.53. The Balaban J connectivity index is 1.96. The molecular weight excluding hydrogens is 322 g/mol. The van der Waals surface area contributed by atoms with Crippen molar-refractivity contribution in [3.8, 4) is 11.5 Å². The van der Waals surface area contributed by atoms with Crippen LogP contribution in [0.15, 0.2) is 35.1 Å². The Morgan fingerprint density at radius 1 is 1.32 bits per heavy atom. The summed E-state index contributed by atoms with van der Waals surface area (Å²) in [4.78, 5) is 13.0. The van der Waals surface area contributed by atoms with Gasteiger partial charge in [-0.1, -0.05) is 12.1 Å². The van der Waals surface area contributed by atoms with Crippen LogP contribution in [-0.4, -0.2) is 33.1 Å². The van der Waals surface area contributed by atoms with E-state index in [1.165, 1.54) is 6.07 Å². The summed E-state index contributed by atoms with van der Waals surface area (Å²) in [7, 11) is 1.85. The summed E-state index contributed by atoms with van der Waals surface area (Å²) in [6.45, 7) is 1.83. The minimum Gasteiger partial charge on any atom is -0.507 e. The van der Waals surface area contributed by atoms with Gasteiger partial charge in [0.2, 0.25) is 5.43 Å². The molecule has 0 saturated carbocycles. The van der Waals surface area contributed by atoms with Gasteiger partial charge in [-0.05, 0) is 19.1 Å². The van der Waals surface area contributed by atoms with Crippen molar-refractivity contribution in [2.75, 3.05) is 6.61 Å². The average molecular weight is 339 g/mol. The van der Waals surface area contributed by atoms with Gasteiger partial charge >= 0.3 is 0 Å². The third kappa shape index (κ3) is 1.73. The van der Waals surface area contributed by atoms with E-state index in [0.29, 0.717) is 22.2 Å². The van der Waals surface area contributed by atoms with Gasteiger partial charge < -0.3 is 24.3 Å². The van der Waals surface area contributed by atoms with E-state index in [4.69, 9.17) is 9.47 Å². The summed E-state index contributed by atoms with van der Waals surface area (Å²) in [6, 6.07) is 8.74. The molecule has 3 unspecified atom stereocenters. The summed E-state index contributed by atoms with van der Waals surface area (Å²) in [5.74, 6) is 0.324. The molecule has 2 aliphatic heterocycles. The Bertz CT molecular complexity index is 1110. The molecule has 0 radical (unpaired) electrons. The summed E-state index contributed by atoms with van der Waals surface area (Å²) < 4.78 is 13.6. The number of fused-ring (bicyclic) bond motifs is 6. The van der Waals surface area contributed by atoms with Crippen LogP contribution in [0.2, 0.25) is 0 Å². The van der Waals surface area contributed by atoms with Gasteiger partial charge in [0, 0.05) is 18.5 Å². The highest BCUT2D eigenvalue weighted by Crippen LogP contribution is 2.51. The van der Waals surface area contributed by atoms with E-state index in [0.717, 1.165) is 5.52 Å². The standard InChI is InChI=1S/C19H17NO5/c1-19(23)8-24-17-14-12(25-18(17)19)7-11(21)13-15(14)20(2)10-6-4-3-5-9(10)16(13)22/h3-7,17-18,21,23H,8H2,1-2H3. The molecule has 2 aliphatic rings. The summed E-state index contributed by atoms with van der Waals surface area (Å²) >= 11 is 0. The zero-order valence-corrected chi connectivity index (χ0v) is 13.8. The molecule has 6 nitrogen and oxygen atoms in total. The van der Waals surface area contributed by atoms with E-state index in [1.807, 2.05) is 23.7 Å². The van der Waals surface area contributed by atoms with Gasteiger partial charge in [0.15, 0.2) is 6.10 Å². The zero-order valence-electron chi connectivity index (χ0n) is 13.8. The minimum absolute atomic E-state index is 0.125. The van der Waals surface area contributed by atoms with Crippen LogP contribution in [0.5, 0.6) is 11.5 Å². The van der Waals surface area contributed by atoms with Gasteiger partial charge in [-0.2, -0.15) is 0 Å². The molecule has 3 aromatic rings. The van der Waals surface area contributed by atoms with Crippen LogP contribution >= 0.6 is 0 Å². The van der Waals surface area contributed by atoms with Crippen LogP contribution in [0.25, 0.3) is 21.8 Å². The summed E-state index contributed by atoms with van der Waals surface area (Å²) in [6.07, 6.45) is -1.03. The molecule has 0 spiro atoms. The highest BCUT2D eigenvalue weighted by molar-refractivity contribution is 5.99. The number of aliphatic hydroxyl groups is 1. The Hall–Kier alpha value is -2.57.